The predicted octanol–water partition coefficient (Wildman–Crippen LogP) is 4.75. The van der Waals surface area contributed by atoms with Gasteiger partial charge in [0.1, 0.15) is 5.82 Å². The molecular weight excluding hydrogens is 284 g/mol. The first-order chi connectivity index (χ1) is 11.4. The molecule has 0 atom stereocenters. The molecule has 2 aromatic rings. The summed E-state index contributed by atoms with van der Waals surface area (Å²) in [6.45, 7) is 3.98. The Morgan fingerprint density at radius 3 is 2.78 bits per heavy atom. The summed E-state index contributed by atoms with van der Waals surface area (Å²) < 4.78 is 0. The van der Waals surface area contributed by atoms with Crippen molar-refractivity contribution in [2.75, 3.05) is 23.7 Å². The molecule has 4 heteroatoms. The fourth-order valence-electron chi connectivity index (χ4n) is 3.00. The number of benzene rings is 1. The standard InChI is InChI=1S/C19H26N4/c1-2-13-20-18-16-10-6-7-11-17(16)22-19(23-18)21-14-12-15-8-4-3-5-9-15/h6-8,10-11H,2-5,9,12-14H2,1H3,(H2,20,21,22,23). The van der Waals surface area contributed by atoms with Crippen LogP contribution in [0.25, 0.3) is 10.9 Å². The molecule has 0 fully saturated rings. The van der Waals surface area contributed by atoms with Crippen LogP contribution in [0.2, 0.25) is 0 Å². The Labute approximate surface area is 138 Å². The summed E-state index contributed by atoms with van der Waals surface area (Å²) in [6, 6.07) is 8.17. The highest BCUT2D eigenvalue weighted by Gasteiger charge is 2.08. The molecule has 0 radical (unpaired) electrons. The lowest BCUT2D eigenvalue weighted by Crippen LogP contribution is -2.10. The summed E-state index contributed by atoms with van der Waals surface area (Å²) in [5.41, 5.74) is 2.56. The van der Waals surface area contributed by atoms with Crippen LogP contribution in [0.3, 0.4) is 0 Å². The van der Waals surface area contributed by atoms with Gasteiger partial charge in [0, 0.05) is 18.5 Å². The molecule has 0 amide bonds. The second-order valence-electron chi connectivity index (χ2n) is 6.12. The highest BCUT2D eigenvalue weighted by atomic mass is 15.1. The van der Waals surface area contributed by atoms with Crippen molar-refractivity contribution in [2.45, 2.75) is 45.4 Å². The van der Waals surface area contributed by atoms with E-state index in [1.807, 2.05) is 18.2 Å². The van der Waals surface area contributed by atoms with Gasteiger partial charge in [0.05, 0.1) is 5.52 Å². The Morgan fingerprint density at radius 2 is 1.96 bits per heavy atom. The van der Waals surface area contributed by atoms with Gasteiger partial charge in [0.2, 0.25) is 5.95 Å². The SMILES string of the molecule is CCCNc1nc(NCCC2=CCCCC2)nc2ccccc12. The van der Waals surface area contributed by atoms with Crippen molar-refractivity contribution in [2.24, 2.45) is 0 Å². The number of allylic oxidation sites excluding steroid dienone is 1. The van der Waals surface area contributed by atoms with Crippen LogP contribution in [0, 0.1) is 0 Å². The lowest BCUT2D eigenvalue weighted by Gasteiger charge is -2.14. The lowest BCUT2D eigenvalue weighted by atomic mass is 9.97. The van der Waals surface area contributed by atoms with Crippen molar-refractivity contribution in [1.82, 2.24) is 9.97 Å². The van der Waals surface area contributed by atoms with Gasteiger partial charge < -0.3 is 10.6 Å². The second kappa shape index (κ2) is 7.95. The van der Waals surface area contributed by atoms with Crippen LogP contribution >= 0.6 is 0 Å². The number of rotatable bonds is 7. The van der Waals surface area contributed by atoms with Crippen molar-refractivity contribution in [3.05, 3.63) is 35.9 Å². The number of hydrogen-bond acceptors (Lipinski definition) is 4. The predicted molar refractivity (Wildman–Crippen MR) is 98.0 cm³/mol. The van der Waals surface area contributed by atoms with Crippen LogP contribution in [-0.4, -0.2) is 23.1 Å². The Morgan fingerprint density at radius 1 is 1.04 bits per heavy atom. The molecule has 1 aromatic carbocycles. The summed E-state index contributed by atoms with van der Waals surface area (Å²) in [5, 5.41) is 7.90. The molecule has 1 aliphatic carbocycles. The van der Waals surface area contributed by atoms with E-state index in [0.717, 1.165) is 48.6 Å². The summed E-state index contributed by atoms with van der Waals surface area (Å²) in [6.07, 6.45) is 9.75. The molecule has 1 aliphatic rings. The molecule has 0 saturated heterocycles. The molecule has 23 heavy (non-hydrogen) atoms. The topological polar surface area (TPSA) is 49.8 Å². The van der Waals surface area contributed by atoms with E-state index in [9.17, 15) is 0 Å². The third kappa shape index (κ3) is 4.21. The van der Waals surface area contributed by atoms with Gasteiger partial charge in [-0.2, -0.15) is 4.98 Å². The summed E-state index contributed by atoms with van der Waals surface area (Å²) >= 11 is 0. The molecule has 2 N–H and O–H groups in total. The molecule has 0 saturated carbocycles. The minimum absolute atomic E-state index is 0.721. The monoisotopic (exact) mass is 310 g/mol. The molecule has 0 unspecified atom stereocenters. The van der Waals surface area contributed by atoms with Crippen LogP contribution in [0.1, 0.15) is 45.4 Å². The summed E-state index contributed by atoms with van der Waals surface area (Å²) in [4.78, 5) is 9.31. The minimum atomic E-state index is 0.721. The van der Waals surface area contributed by atoms with Crippen molar-refractivity contribution in [3.63, 3.8) is 0 Å². The number of fused-ring (bicyclic) bond motifs is 1. The van der Waals surface area contributed by atoms with Crippen LogP contribution in [0.4, 0.5) is 11.8 Å². The highest BCUT2D eigenvalue weighted by molar-refractivity contribution is 5.89. The van der Waals surface area contributed by atoms with Crippen molar-refractivity contribution >= 4 is 22.7 Å². The van der Waals surface area contributed by atoms with E-state index < -0.39 is 0 Å². The number of anilines is 2. The van der Waals surface area contributed by atoms with Crippen LogP contribution in [0.5, 0.6) is 0 Å². The van der Waals surface area contributed by atoms with Gasteiger partial charge in [0.15, 0.2) is 0 Å². The lowest BCUT2D eigenvalue weighted by molar-refractivity contribution is 0.679. The Balaban J connectivity index is 1.70. The molecule has 0 bridgehead atoms. The smallest absolute Gasteiger partial charge is 0.225 e. The molecule has 0 aliphatic heterocycles. The zero-order chi connectivity index (χ0) is 15.9. The molecule has 4 nitrogen and oxygen atoms in total. The fourth-order valence-corrected chi connectivity index (χ4v) is 3.00. The normalized spacial score (nSPS) is 14.6. The fraction of sp³-hybridized carbons (Fsp3) is 0.474. The first-order valence-corrected chi connectivity index (χ1v) is 8.79. The van der Waals surface area contributed by atoms with Gasteiger partial charge in [-0.1, -0.05) is 30.7 Å². The molecule has 122 valence electrons. The molecule has 1 aromatic heterocycles. The first-order valence-electron chi connectivity index (χ1n) is 8.79. The van der Waals surface area contributed by atoms with Crippen molar-refractivity contribution < 1.29 is 0 Å². The molecule has 0 spiro atoms. The van der Waals surface area contributed by atoms with E-state index >= 15 is 0 Å². The van der Waals surface area contributed by atoms with Gasteiger partial charge in [-0.05, 0) is 50.7 Å². The number of hydrogen-bond donors (Lipinski definition) is 2. The van der Waals surface area contributed by atoms with Crippen LogP contribution in [0.15, 0.2) is 35.9 Å². The number of nitrogens with zero attached hydrogens (tertiary/aromatic N) is 2. The molecular formula is C19H26N4. The van der Waals surface area contributed by atoms with E-state index in [2.05, 4.69) is 39.7 Å². The Bertz CT molecular complexity index is 678. The summed E-state index contributed by atoms with van der Waals surface area (Å²) in [5.74, 6) is 1.65. The van der Waals surface area contributed by atoms with E-state index in [0.29, 0.717) is 0 Å². The Kier molecular flexibility index (Phi) is 5.46. The third-order valence-corrected chi connectivity index (χ3v) is 4.26. The Hall–Kier alpha value is -2.10. The first kappa shape index (κ1) is 15.8. The van der Waals surface area contributed by atoms with E-state index in [-0.39, 0.29) is 0 Å². The maximum atomic E-state index is 4.67. The third-order valence-electron chi connectivity index (χ3n) is 4.26. The molecule has 3 rings (SSSR count). The summed E-state index contributed by atoms with van der Waals surface area (Å²) in [7, 11) is 0. The van der Waals surface area contributed by atoms with Gasteiger partial charge in [-0.15, -0.1) is 0 Å². The number of aromatic nitrogens is 2. The van der Waals surface area contributed by atoms with Gasteiger partial charge in [-0.25, -0.2) is 4.98 Å². The quantitative estimate of drug-likeness (QED) is 0.724. The zero-order valence-electron chi connectivity index (χ0n) is 13.9. The van der Waals surface area contributed by atoms with Gasteiger partial charge in [-0.3, -0.25) is 0 Å². The van der Waals surface area contributed by atoms with E-state index in [4.69, 9.17) is 0 Å². The average molecular weight is 310 g/mol. The number of nitrogens with one attached hydrogen (secondary N) is 2. The van der Waals surface area contributed by atoms with Gasteiger partial charge in [0.25, 0.3) is 0 Å². The van der Waals surface area contributed by atoms with Crippen LogP contribution in [-0.2, 0) is 0 Å². The zero-order valence-corrected chi connectivity index (χ0v) is 13.9. The average Bonchev–Trinajstić information content (AvgIpc) is 2.60. The maximum Gasteiger partial charge on any atom is 0.225 e. The molecule has 1 heterocycles. The van der Waals surface area contributed by atoms with E-state index in [1.54, 1.807) is 5.57 Å². The number of para-hydroxylation sites is 1. The maximum absolute atomic E-state index is 4.67. The second-order valence-corrected chi connectivity index (χ2v) is 6.12. The minimum Gasteiger partial charge on any atom is -0.369 e. The largest absolute Gasteiger partial charge is 0.369 e. The highest BCUT2D eigenvalue weighted by Crippen LogP contribution is 2.23. The van der Waals surface area contributed by atoms with Crippen LogP contribution < -0.4 is 10.6 Å². The van der Waals surface area contributed by atoms with Crippen molar-refractivity contribution in [1.29, 1.82) is 0 Å². The van der Waals surface area contributed by atoms with Gasteiger partial charge >= 0.3 is 0 Å². The van der Waals surface area contributed by atoms with E-state index in [1.165, 1.54) is 25.7 Å². The van der Waals surface area contributed by atoms with Crippen molar-refractivity contribution in [3.8, 4) is 0 Å².